The van der Waals surface area contributed by atoms with Crippen LogP contribution in [0.1, 0.15) is 27.2 Å². The monoisotopic (exact) mass is 290 g/mol. The molecule has 0 saturated carbocycles. The minimum atomic E-state index is -3.64. The van der Waals surface area contributed by atoms with Crippen molar-refractivity contribution in [2.45, 2.75) is 37.6 Å². The molecule has 2 N–H and O–H groups in total. The Labute approximate surface area is 114 Å². The summed E-state index contributed by atoms with van der Waals surface area (Å²) in [6.45, 7) is 5.67. The maximum atomic E-state index is 12.5. The van der Waals surface area contributed by atoms with Gasteiger partial charge in [0.15, 0.2) is 0 Å². The molecule has 1 aromatic rings. The number of nitrogen functional groups attached to an aromatic ring is 1. The number of benzene rings is 1. The van der Waals surface area contributed by atoms with Crippen molar-refractivity contribution in [2.75, 3.05) is 12.8 Å². The lowest BCUT2D eigenvalue weighted by Gasteiger charge is -2.34. The van der Waals surface area contributed by atoms with E-state index in [-0.39, 0.29) is 10.6 Å². The van der Waals surface area contributed by atoms with Crippen molar-refractivity contribution in [3.8, 4) is 0 Å². The second-order valence-corrected chi connectivity index (χ2v) is 7.19. The van der Waals surface area contributed by atoms with Gasteiger partial charge in [-0.25, -0.2) is 8.42 Å². The summed E-state index contributed by atoms with van der Waals surface area (Å²) in [4.78, 5) is 0.0547. The topological polar surface area (TPSA) is 63.4 Å². The highest BCUT2D eigenvalue weighted by atomic mass is 35.5. The lowest BCUT2D eigenvalue weighted by molar-refractivity contribution is 0.257. The molecule has 4 nitrogen and oxygen atoms in total. The molecule has 18 heavy (non-hydrogen) atoms. The van der Waals surface area contributed by atoms with Crippen LogP contribution in [0.3, 0.4) is 0 Å². The Morgan fingerprint density at radius 1 is 1.39 bits per heavy atom. The number of hydrogen-bond donors (Lipinski definition) is 1. The van der Waals surface area contributed by atoms with Crippen molar-refractivity contribution in [3.63, 3.8) is 0 Å². The Morgan fingerprint density at radius 3 is 2.44 bits per heavy atom. The van der Waals surface area contributed by atoms with Crippen molar-refractivity contribution in [3.05, 3.63) is 23.2 Å². The molecule has 0 radical (unpaired) electrons. The lowest BCUT2D eigenvalue weighted by Crippen LogP contribution is -2.44. The molecule has 0 spiro atoms. The fourth-order valence-corrected chi connectivity index (χ4v) is 3.38. The Kier molecular flexibility index (Phi) is 4.30. The number of sulfonamides is 1. The summed E-state index contributed by atoms with van der Waals surface area (Å²) in [7, 11) is -2.08. The van der Waals surface area contributed by atoms with Crippen LogP contribution in [0.15, 0.2) is 23.1 Å². The molecule has 0 heterocycles. The first kappa shape index (κ1) is 15.3. The average molecular weight is 291 g/mol. The molecule has 0 fully saturated rings. The van der Waals surface area contributed by atoms with Crippen molar-refractivity contribution >= 4 is 27.3 Å². The van der Waals surface area contributed by atoms with Crippen molar-refractivity contribution in [1.82, 2.24) is 4.31 Å². The zero-order valence-electron chi connectivity index (χ0n) is 11.1. The predicted molar refractivity (Wildman–Crippen MR) is 75.2 cm³/mol. The van der Waals surface area contributed by atoms with E-state index in [2.05, 4.69) is 0 Å². The summed E-state index contributed by atoms with van der Waals surface area (Å²) >= 11 is 5.84. The smallest absolute Gasteiger partial charge is 0.245 e. The third-order valence-corrected chi connectivity index (χ3v) is 5.69. The fourth-order valence-electron chi connectivity index (χ4n) is 1.43. The van der Waals surface area contributed by atoms with Crippen molar-refractivity contribution < 1.29 is 8.42 Å². The van der Waals surface area contributed by atoms with Crippen LogP contribution < -0.4 is 5.73 Å². The summed E-state index contributed by atoms with van der Waals surface area (Å²) in [5, 5.41) is 0.352. The predicted octanol–water partition coefficient (Wildman–Crippen LogP) is 2.73. The van der Waals surface area contributed by atoms with Crippen LogP contribution in [0, 0.1) is 0 Å². The number of hydrogen-bond acceptors (Lipinski definition) is 3. The molecule has 0 unspecified atom stereocenters. The van der Waals surface area contributed by atoms with E-state index in [9.17, 15) is 8.42 Å². The van der Waals surface area contributed by atoms with Crippen LogP contribution in [-0.2, 0) is 10.0 Å². The van der Waals surface area contributed by atoms with Crippen LogP contribution in [-0.4, -0.2) is 25.3 Å². The molecule has 1 rings (SSSR count). The molecular weight excluding hydrogens is 272 g/mol. The van der Waals surface area contributed by atoms with E-state index >= 15 is 0 Å². The first-order valence-electron chi connectivity index (χ1n) is 5.67. The Bertz CT molecular complexity index is 541. The van der Waals surface area contributed by atoms with Gasteiger partial charge in [0.25, 0.3) is 0 Å². The summed E-state index contributed by atoms with van der Waals surface area (Å²) in [6.07, 6.45) is 0.698. The van der Waals surface area contributed by atoms with Crippen LogP contribution in [0.4, 0.5) is 5.69 Å². The Hall–Kier alpha value is -0.780. The lowest BCUT2D eigenvalue weighted by atomic mass is 10.0. The largest absolute Gasteiger partial charge is 0.398 e. The first-order valence-corrected chi connectivity index (χ1v) is 7.49. The summed E-state index contributed by atoms with van der Waals surface area (Å²) in [5.74, 6) is 0. The van der Waals surface area contributed by atoms with Gasteiger partial charge in [0, 0.05) is 17.6 Å². The van der Waals surface area contributed by atoms with Crippen LogP contribution in [0.2, 0.25) is 5.02 Å². The number of halogens is 1. The number of nitrogens with zero attached hydrogens (tertiary/aromatic N) is 1. The van der Waals surface area contributed by atoms with Gasteiger partial charge >= 0.3 is 0 Å². The second kappa shape index (κ2) is 5.07. The van der Waals surface area contributed by atoms with E-state index < -0.39 is 15.6 Å². The molecule has 0 aromatic heterocycles. The third kappa shape index (κ3) is 2.79. The highest BCUT2D eigenvalue weighted by Crippen LogP contribution is 2.30. The van der Waals surface area contributed by atoms with E-state index in [0.717, 1.165) is 0 Å². The Morgan fingerprint density at radius 2 is 1.94 bits per heavy atom. The van der Waals surface area contributed by atoms with E-state index in [0.29, 0.717) is 11.4 Å². The average Bonchev–Trinajstić information content (AvgIpc) is 2.31. The van der Waals surface area contributed by atoms with Gasteiger partial charge in [-0.2, -0.15) is 4.31 Å². The van der Waals surface area contributed by atoms with Crippen molar-refractivity contribution in [2.24, 2.45) is 0 Å². The van der Waals surface area contributed by atoms with Gasteiger partial charge in [0.1, 0.15) is 4.90 Å². The second-order valence-electron chi connectivity index (χ2n) is 4.82. The van der Waals surface area contributed by atoms with Gasteiger partial charge in [0.2, 0.25) is 10.0 Å². The molecular formula is C12H19ClN2O2S. The van der Waals surface area contributed by atoms with E-state index in [1.165, 1.54) is 16.4 Å². The molecule has 0 aliphatic heterocycles. The number of rotatable bonds is 4. The van der Waals surface area contributed by atoms with Crippen LogP contribution in [0.25, 0.3) is 0 Å². The molecule has 0 aliphatic rings. The maximum absolute atomic E-state index is 12.5. The molecule has 102 valence electrons. The van der Waals surface area contributed by atoms with Crippen LogP contribution in [0.5, 0.6) is 0 Å². The maximum Gasteiger partial charge on any atom is 0.245 e. The summed E-state index contributed by atoms with van der Waals surface area (Å²) < 4.78 is 26.3. The van der Waals surface area contributed by atoms with Gasteiger partial charge in [-0.15, -0.1) is 0 Å². The quantitative estimate of drug-likeness (QED) is 0.867. The summed E-state index contributed by atoms with van der Waals surface area (Å²) in [5.41, 5.74) is 5.46. The highest BCUT2D eigenvalue weighted by Gasteiger charge is 2.33. The van der Waals surface area contributed by atoms with Crippen LogP contribution >= 0.6 is 11.6 Å². The highest BCUT2D eigenvalue weighted by molar-refractivity contribution is 7.89. The third-order valence-electron chi connectivity index (χ3n) is 3.33. The number of anilines is 1. The molecule has 0 amide bonds. The molecule has 6 heteroatoms. The zero-order valence-corrected chi connectivity index (χ0v) is 12.6. The molecule has 0 aliphatic carbocycles. The minimum Gasteiger partial charge on any atom is -0.398 e. The van der Waals surface area contributed by atoms with Gasteiger partial charge in [-0.05, 0) is 38.5 Å². The Balaban J connectivity index is 3.34. The fraction of sp³-hybridized carbons (Fsp3) is 0.500. The minimum absolute atomic E-state index is 0.0547. The molecule has 0 saturated heterocycles. The normalized spacial score (nSPS) is 13.0. The molecule has 0 bridgehead atoms. The zero-order chi connectivity index (χ0) is 14.1. The summed E-state index contributed by atoms with van der Waals surface area (Å²) in [6, 6.07) is 4.46. The van der Waals surface area contributed by atoms with E-state index in [1.54, 1.807) is 13.1 Å². The molecule has 0 atom stereocenters. The standard InChI is InChI=1S/C12H19ClN2O2S/c1-5-12(2,3)15(4)18(16,17)11-8-9(13)6-7-10(11)14/h6-8H,5,14H2,1-4H3. The van der Waals surface area contributed by atoms with Gasteiger partial charge in [-0.1, -0.05) is 18.5 Å². The van der Waals surface area contributed by atoms with Gasteiger partial charge in [-0.3, -0.25) is 0 Å². The van der Waals surface area contributed by atoms with E-state index in [1.807, 2.05) is 20.8 Å². The van der Waals surface area contributed by atoms with Crippen molar-refractivity contribution in [1.29, 1.82) is 0 Å². The van der Waals surface area contributed by atoms with Gasteiger partial charge < -0.3 is 5.73 Å². The van der Waals surface area contributed by atoms with Gasteiger partial charge in [0.05, 0.1) is 5.69 Å². The SMILES string of the molecule is CCC(C)(C)N(C)S(=O)(=O)c1cc(Cl)ccc1N. The molecule has 1 aromatic carbocycles. The number of nitrogens with two attached hydrogens (primary N) is 1. The first-order chi connectivity index (χ1) is 8.13. The van der Waals surface area contributed by atoms with E-state index in [4.69, 9.17) is 17.3 Å².